The highest BCUT2D eigenvalue weighted by Crippen LogP contribution is 2.23. The Morgan fingerprint density at radius 3 is 2.96 bits per heavy atom. The van der Waals surface area contributed by atoms with Crippen LogP contribution in [0.5, 0.6) is 0 Å². The van der Waals surface area contributed by atoms with Crippen LogP contribution in [0, 0.1) is 0 Å². The summed E-state index contributed by atoms with van der Waals surface area (Å²) in [7, 11) is 0. The van der Waals surface area contributed by atoms with Crippen molar-refractivity contribution in [1.82, 2.24) is 20.0 Å². The number of nitrogen functional groups attached to an aromatic ring is 1. The number of carbonyl (C=O) groups excluding carboxylic acids is 1. The molecule has 8 heteroatoms. The number of amides is 1. The Balaban J connectivity index is 1.32. The first-order valence-electron chi connectivity index (χ1n) is 8.73. The zero-order valence-electron chi connectivity index (χ0n) is 14.7. The average molecular weight is 402 g/mol. The van der Waals surface area contributed by atoms with E-state index in [0.29, 0.717) is 18.9 Å². The molecule has 0 atom stereocenters. The van der Waals surface area contributed by atoms with Gasteiger partial charge in [0.15, 0.2) is 5.82 Å². The number of hydrogen-bond acceptors (Lipinski definition) is 5. The van der Waals surface area contributed by atoms with Crippen LogP contribution in [0.15, 0.2) is 36.4 Å². The molecule has 0 unspecified atom stereocenters. The van der Waals surface area contributed by atoms with E-state index in [1.54, 1.807) is 11.3 Å². The van der Waals surface area contributed by atoms with Crippen LogP contribution in [0.2, 0.25) is 4.34 Å². The van der Waals surface area contributed by atoms with E-state index >= 15 is 0 Å². The summed E-state index contributed by atoms with van der Waals surface area (Å²) in [4.78, 5) is 17.7. The number of thiophene rings is 1. The molecule has 1 aliphatic rings. The van der Waals surface area contributed by atoms with E-state index in [2.05, 4.69) is 27.2 Å². The molecule has 1 fully saturated rings. The Bertz CT molecular complexity index is 995. The van der Waals surface area contributed by atoms with Gasteiger partial charge in [0.2, 0.25) is 5.91 Å². The first kappa shape index (κ1) is 18.0. The fourth-order valence-electron chi connectivity index (χ4n) is 3.22. The van der Waals surface area contributed by atoms with E-state index in [1.807, 2.05) is 35.2 Å². The lowest BCUT2D eigenvalue weighted by molar-refractivity contribution is -0.136. The van der Waals surface area contributed by atoms with Crippen molar-refractivity contribution >= 4 is 51.6 Å². The monoisotopic (exact) mass is 401 g/mol. The van der Waals surface area contributed by atoms with Crippen LogP contribution in [-0.4, -0.2) is 52.1 Å². The van der Waals surface area contributed by atoms with E-state index in [0.717, 1.165) is 45.3 Å². The zero-order chi connectivity index (χ0) is 18.8. The Morgan fingerprint density at radius 1 is 1.30 bits per heavy atom. The van der Waals surface area contributed by atoms with E-state index in [4.69, 9.17) is 17.3 Å². The Kier molecular flexibility index (Phi) is 5.15. The Labute approximate surface area is 166 Å². The van der Waals surface area contributed by atoms with Crippen molar-refractivity contribution in [1.29, 1.82) is 0 Å². The summed E-state index contributed by atoms with van der Waals surface area (Å²) in [5.74, 6) is 0.650. The zero-order valence-corrected chi connectivity index (χ0v) is 16.3. The minimum atomic E-state index is 0.151. The van der Waals surface area contributed by atoms with E-state index in [-0.39, 0.29) is 5.91 Å². The number of aromatic nitrogens is 2. The number of rotatable bonds is 5. The third kappa shape index (κ3) is 4.16. The summed E-state index contributed by atoms with van der Waals surface area (Å²) >= 11 is 7.48. The molecule has 3 heterocycles. The molecule has 0 bridgehead atoms. The standard InChI is InChI=1S/C19H20ClN5OS/c20-17-6-4-14(27-17)2-1-7-24-8-9-25(18(26)12-24)11-13-3-5-15-16(10-13)22-23-19(15)21/h1-6,10H,7-9,11-12H2,(H3,21,22,23). The molecule has 1 saturated heterocycles. The third-order valence-electron chi connectivity index (χ3n) is 4.67. The maximum atomic E-state index is 12.5. The van der Waals surface area contributed by atoms with Gasteiger partial charge in [0.1, 0.15) is 0 Å². The van der Waals surface area contributed by atoms with Crippen molar-refractivity contribution in [2.45, 2.75) is 6.54 Å². The SMILES string of the molecule is Nc1n[nH]c2cc(CN3CCN(CC=Cc4ccc(Cl)s4)CC3=O)ccc12. The average Bonchev–Trinajstić information content (AvgIpc) is 3.23. The number of hydrogen-bond donors (Lipinski definition) is 2. The van der Waals surface area contributed by atoms with Crippen LogP contribution in [0.3, 0.4) is 0 Å². The molecular weight excluding hydrogens is 382 g/mol. The van der Waals surface area contributed by atoms with E-state index in [1.165, 1.54) is 0 Å². The van der Waals surface area contributed by atoms with Gasteiger partial charge in [-0.2, -0.15) is 5.10 Å². The van der Waals surface area contributed by atoms with Crippen LogP contribution in [-0.2, 0) is 11.3 Å². The number of halogens is 1. The van der Waals surface area contributed by atoms with Crippen LogP contribution in [0.4, 0.5) is 5.82 Å². The molecule has 0 saturated carbocycles. The van der Waals surface area contributed by atoms with Gasteiger partial charge in [0, 0.05) is 36.4 Å². The summed E-state index contributed by atoms with van der Waals surface area (Å²) < 4.78 is 0.787. The van der Waals surface area contributed by atoms with Crippen molar-refractivity contribution in [2.24, 2.45) is 0 Å². The predicted octanol–water partition coefficient (Wildman–Crippen LogP) is 3.22. The van der Waals surface area contributed by atoms with Gasteiger partial charge in [0.05, 0.1) is 16.4 Å². The first-order valence-corrected chi connectivity index (χ1v) is 9.92. The number of fused-ring (bicyclic) bond motifs is 1. The lowest BCUT2D eigenvalue weighted by atomic mass is 10.1. The van der Waals surface area contributed by atoms with Crippen molar-refractivity contribution in [3.05, 3.63) is 51.2 Å². The molecule has 6 nitrogen and oxygen atoms in total. The highest BCUT2D eigenvalue weighted by Gasteiger charge is 2.23. The summed E-state index contributed by atoms with van der Waals surface area (Å²) in [6.45, 7) is 3.38. The van der Waals surface area contributed by atoms with Gasteiger partial charge in [-0.1, -0.05) is 23.7 Å². The second-order valence-electron chi connectivity index (χ2n) is 6.58. The van der Waals surface area contributed by atoms with Crippen LogP contribution in [0.1, 0.15) is 10.4 Å². The smallest absolute Gasteiger partial charge is 0.237 e. The van der Waals surface area contributed by atoms with Gasteiger partial charge in [-0.3, -0.25) is 14.8 Å². The van der Waals surface area contributed by atoms with Gasteiger partial charge in [0.25, 0.3) is 0 Å². The number of carbonyl (C=O) groups is 1. The van der Waals surface area contributed by atoms with E-state index < -0.39 is 0 Å². The molecule has 1 amide bonds. The second kappa shape index (κ2) is 7.72. The van der Waals surface area contributed by atoms with Crippen molar-refractivity contribution < 1.29 is 4.79 Å². The fraction of sp³-hybridized carbons (Fsp3) is 0.263. The lowest BCUT2D eigenvalue weighted by Crippen LogP contribution is -2.49. The number of aromatic amines is 1. The predicted molar refractivity (Wildman–Crippen MR) is 111 cm³/mol. The Morgan fingerprint density at radius 2 is 2.19 bits per heavy atom. The Hall–Kier alpha value is -2.35. The number of nitrogens with zero attached hydrogens (tertiary/aromatic N) is 3. The largest absolute Gasteiger partial charge is 0.382 e. The summed E-state index contributed by atoms with van der Waals surface area (Å²) in [5.41, 5.74) is 7.77. The number of nitrogens with one attached hydrogen (secondary N) is 1. The number of benzene rings is 1. The topological polar surface area (TPSA) is 78.2 Å². The van der Waals surface area contributed by atoms with E-state index in [9.17, 15) is 4.79 Å². The summed E-state index contributed by atoms with van der Waals surface area (Å²) in [5, 5.41) is 7.84. The molecule has 0 aliphatic carbocycles. The van der Waals surface area contributed by atoms with Crippen LogP contribution in [0.25, 0.3) is 17.0 Å². The van der Waals surface area contributed by atoms with Crippen LogP contribution >= 0.6 is 22.9 Å². The maximum Gasteiger partial charge on any atom is 0.237 e. The van der Waals surface area contributed by atoms with Gasteiger partial charge < -0.3 is 10.6 Å². The second-order valence-corrected chi connectivity index (χ2v) is 8.33. The molecule has 140 valence electrons. The van der Waals surface area contributed by atoms with Crippen LogP contribution < -0.4 is 5.73 Å². The third-order valence-corrected chi connectivity index (χ3v) is 5.86. The van der Waals surface area contributed by atoms with Crippen molar-refractivity contribution in [2.75, 3.05) is 31.9 Å². The quantitative estimate of drug-likeness (QED) is 0.688. The highest BCUT2D eigenvalue weighted by atomic mass is 35.5. The van der Waals surface area contributed by atoms with Gasteiger partial charge in [-0.05, 0) is 35.9 Å². The summed E-state index contributed by atoms with van der Waals surface area (Å²) in [6, 6.07) is 9.85. The normalized spacial score (nSPS) is 16.0. The highest BCUT2D eigenvalue weighted by molar-refractivity contribution is 7.16. The lowest BCUT2D eigenvalue weighted by Gasteiger charge is -2.33. The van der Waals surface area contributed by atoms with Gasteiger partial charge >= 0.3 is 0 Å². The number of nitrogens with two attached hydrogens (primary N) is 1. The molecular formula is C19H20ClN5OS. The van der Waals surface area contributed by atoms with Crippen molar-refractivity contribution in [3.63, 3.8) is 0 Å². The van der Waals surface area contributed by atoms with Gasteiger partial charge in [-0.25, -0.2) is 0 Å². The molecule has 1 aromatic carbocycles. The molecule has 3 aromatic rings. The molecule has 3 N–H and O–H groups in total. The molecule has 0 spiro atoms. The minimum Gasteiger partial charge on any atom is -0.382 e. The minimum absolute atomic E-state index is 0.151. The molecule has 0 radical (unpaired) electrons. The fourth-order valence-corrected chi connectivity index (χ4v) is 4.21. The molecule has 27 heavy (non-hydrogen) atoms. The van der Waals surface area contributed by atoms with Gasteiger partial charge in [-0.15, -0.1) is 11.3 Å². The number of H-pyrrole nitrogens is 1. The molecule has 1 aliphatic heterocycles. The number of piperazine rings is 1. The van der Waals surface area contributed by atoms with Crippen molar-refractivity contribution in [3.8, 4) is 0 Å². The number of anilines is 1. The first-order chi connectivity index (χ1) is 13.1. The molecule has 4 rings (SSSR count). The molecule has 2 aromatic heterocycles. The maximum absolute atomic E-state index is 12.5. The summed E-state index contributed by atoms with van der Waals surface area (Å²) in [6.07, 6.45) is 4.14.